The van der Waals surface area contributed by atoms with Crippen LogP contribution in [0.25, 0.3) is 0 Å². The van der Waals surface area contributed by atoms with E-state index in [1.54, 1.807) is 6.20 Å². The lowest BCUT2D eigenvalue weighted by atomic mass is 9.85. The van der Waals surface area contributed by atoms with Crippen molar-refractivity contribution in [3.05, 3.63) is 23.4 Å². The second-order valence-electron chi connectivity index (χ2n) is 4.31. The minimum Gasteiger partial charge on any atom is -0.396 e. The lowest BCUT2D eigenvalue weighted by Gasteiger charge is -2.31. The van der Waals surface area contributed by atoms with E-state index in [-0.39, 0.29) is 6.61 Å². The molecule has 2 N–H and O–H groups in total. The number of aliphatic hydroxyl groups excluding tert-OH is 1. The van der Waals surface area contributed by atoms with E-state index in [1.807, 2.05) is 12.1 Å². The zero-order valence-corrected chi connectivity index (χ0v) is 9.95. The summed E-state index contributed by atoms with van der Waals surface area (Å²) in [5.74, 6) is 1.06. The number of hydrogen-bond donors (Lipinski definition) is 2. The van der Waals surface area contributed by atoms with Gasteiger partial charge in [-0.1, -0.05) is 24.4 Å². The number of nitrogens with zero attached hydrogens (tertiary/aromatic N) is 1. The van der Waals surface area contributed by atoms with Crippen LogP contribution in [0.5, 0.6) is 0 Å². The molecule has 88 valence electrons. The molecule has 1 aliphatic carbocycles. The summed E-state index contributed by atoms with van der Waals surface area (Å²) in [5.41, 5.74) is 0. The molecular weight excluding hydrogens is 224 g/mol. The molecule has 0 amide bonds. The van der Waals surface area contributed by atoms with Gasteiger partial charge >= 0.3 is 0 Å². The van der Waals surface area contributed by atoms with Crippen LogP contribution in [0, 0.1) is 5.92 Å². The zero-order valence-electron chi connectivity index (χ0n) is 9.19. The van der Waals surface area contributed by atoms with Gasteiger partial charge in [-0.3, -0.25) is 0 Å². The summed E-state index contributed by atoms with van der Waals surface area (Å²) < 4.78 is 0. The van der Waals surface area contributed by atoms with Crippen LogP contribution in [0.3, 0.4) is 0 Å². The molecule has 0 radical (unpaired) electrons. The summed E-state index contributed by atoms with van der Waals surface area (Å²) >= 11 is 6.05. The summed E-state index contributed by atoms with van der Waals surface area (Å²) in [6, 6.07) is 3.94. The number of rotatable bonds is 3. The SMILES string of the molecule is OCC1CCCCC1Nc1ncccc1Cl. The standard InChI is InChI=1S/C12H17ClN2O/c13-10-5-3-7-14-12(10)15-11-6-2-1-4-9(11)8-16/h3,5,7,9,11,16H,1-2,4,6,8H2,(H,14,15). The van der Waals surface area contributed by atoms with E-state index in [4.69, 9.17) is 11.6 Å². The monoisotopic (exact) mass is 240 g/mol. The minimum absolute atomic E-state index is 0.238. The van der Waals surface area contributed by atoms with E-state index >= 15 is 0 Å². The van der Waals surface area contributed by atoms with Crippen molar-refractivity contribution >= 4 is 17.4 Å². The quantitative estimate of drug-likeness (QED) is 0.854. The molecule has 1 fully saturated rings. The van der Waals surface area contributed by atoms with Gasteiger partial charge in [-0.2, -0.15) is 0 Å². The molecule has 1 heterocycles. The molecule has 1 saturated carbocycles. The third kappa shape index (κ3) is 2.66. The smallest absolute Gasteiger partial charge is 0.144 e. The number of aliphatic hydroxyl groups is 1. The van der Waals surface area contributed by atoms with E-state index in [0.717, 1.165) is 18.7 Å². The first-order chi connectivity index (χ1) is 7.81. The highest BCUT2D eigenvalue weighted by Crippen LogP contribution is 2.28. The first-order valence-corrected chi connectivity index (χ1v) is 6.17. The average molecular weight is 241 g/mol. The fourth-order valence-electron chi connectivity index (χ4n) is 2.28. The fraction of sp³-hybridized carbons (Fsp3) is 0.583. The van der Waals surface area contributed by atoms with Crippen LogP contribution in [0.2, 0.25) is 5.02 Å². The van der Waals surface area contributed by atoms with Crippen LogP contribution in [0.4, 0.5) is 5.82 Å². The molecule has 0 spiro atoms. The molecule has 16 heavy (non-hydrogen) atoms. The van der Waals surface area contributed by atoms with E-state index in [2.05, 4.69) is 10.3 Å². The summed E-state index contributed by atoms with van der Waals surface area (Å²) in [4.78, 5) is 4.22. The molecule has 4 heteroatoms. The van der Waals surface area contributed by atoms with Gasteiger partial charge in [-0.15, -0.1) is 0 Å². The third-order valence-corrected chi connectivity index (χ3v) is 3.53. The molecule has 2 rings (SSSR count). The fourth-order valence-corrected chi connectivity index (χ4v) is 2.46. The third-order valence-electron chi connectivity index (χ3n) is 3.22. The number of nitrogens with one attached hydrogen (secondary N) is 1. The molecular formula is C12H17ClN2O. The largest absolute Gasteiger partial charge is 0.396 e. The Morgan fingerprint density at radius 3 is 3.00 bits per heavy atom. The van der Waals surface area contributed by atoms with Crippen molar-refractivity contribution in [2.24, 2.45) is 5.92 Å². The molecule has 1 aliphatic rings. The highest BCUT2D eigenvalue weighted by molar-refractivity contribution is 6.32. The van der Waals surface area contributed by atoms with Crippen molar-refractivity contribution in [3.63, 3.8) is 0 Å². The Labute approximate surface area is 101 Å². The maximum absolute atomic E-state index is 9.32. The number of pyridine rings is 1. The topological polar surface area (TPSA) is 45.1 Å². The second-order valence-corrected chi connectivity index (χ2v) is 4.72. The van der Waals surface area contributed by atoms with Crippen LogP contribution in [0.15, 0.2) is 18.3 Å². The second kappa shape index (κ2) is 5.51. The van der Waals surface area contributed by atoms with E-state index in [1.165, 1.54) is 12.8 Å². The Bertz CT molecular complexity index is 346. The van der Waals surface area contributed by atoms with Crippen molar-refractivity contribution in [2.75, 3.05) is 11.9 Å². The number of aromatic nitrogens is 1. The van der Waals surface area contributed by atoms with E-state index in [0.29, 0.717) is 17.0 Å². The summed E-state index contributed by atoms with van der Waals surface area (Å²) in [6.07, 6.45) is 6.31. The predicted molar refractivity (Wildman–Crippen MR) is 65.7 cm³/mol. The molecule has 0 bridgehead atoms. The average Bonchev–Trinajstić information content (AvgIpc) is 2.33. The van der Waals surface area contributed by atoms with Crippen LogP contribution in [-0.2, 0) is 0 Å². The molecule has 3 nitrogen and oxygen atoms in total. The predicted octanol–water partition coefficient (Wildman–Crippen LogP) is 2.70. The van der Waals surface area contributed by atoms with Gasteiger partial charge in [0.2, 0.25) is 0 Å². The van der Waals surface area contributed by atoms with Crippen LogP contribution < -0.4 is 5.32 Å². The Morgan fingerprint density at radius 1 is 1.44 bits per heavy atom. The van der Waals surface area contributed by atoms with Gasteiger partial charge in [-0.05, 0) is 25.0 Å². The maximum atomic E-state index is 9.32. The van der Waals surface area contributed by atoms with Gasteiger partial charge in [-0.25, -0.2) is 4.98 Å². The Hall–Kier alpha value is -0.800. The summed E-state index contributed by atoms with van der Waals surface area (Å²) in [6.45, 7) is 0.238. The lowest BCUT2D eigenvalue weighted by Crippen LogP contribution is -2.34. The molecule has 2 atom stereocenters. The molecule has 1 aromatic rings. The minimum atomic E-state index is 0.238. The Kier molecular flexibility index (Phi) is 4.02. The van der Waals surface area contributed by atoms with Crippen molar-refractivity contribution in [2.45, 2.75) is 31.7 Å². The first-order valence-electron chi connectivity index (χ1n) is 5.79. The van der Waals surface area contributed by atoms with Crippen LogP contribution >= 0.6 is 11.6 Å². The van der Waals surface area contributed by atoms with Gasteiger partial charge in [0, 0.05) is 24.8 Å². The number of anilines is 1. The van der Waals surface area contributed by atoms with Gasteiger partial charge in [0.25, 0.3) is 0 Å². The van der Waals surface area contributed by atoms with Crippen molar-refractivity contribution < 1.29 is 5.11 Å². The molecule has 0 aliphatic heterocycles. The zero-order chi connectivity index (χ0) is 11.4. The van der Waals surface area contributed by atoms with E-state index in [9.17, 15) is 5.11 Å². The lowest BCUT2D eigenvalue weighted by molar-refractivity contribution is 0.178. The highest BCUT2D eigenvalue weighted by atomic mass is 35.5. The van der Waals surface area contributed by atoms with Gasteiger partial charge in [0.15, 0.2) is 0 Å². The molecule has 0 aromatic carbocycles. The van der Waals surface area contributed by atoms with Crippen molar-refractivity contribution in [1.29, 1.82) is 0 Å². The van der Waals surface area contributed by atoms with Gasteiger partial charge in [0.1, 0.15) is 5.82 Å². The number of hydrogen-bond acceptors (Lipinski definition) is 3. The normalized spacial score (nSPS) is 25.4. The van der Waals surface area contributed by atoms with Crippen LogP contribution in [-0.4, -0.2) is 22.7 Å². The summed E-state index contributed by atoms with van der Waals surface area (Å²) in [5, 5.41) is 13.3. The number of halogens is 1. The molecule has 1 aromatic heterocycles. The molecule has 2 unspecified atom stereocenters. The van der Waals surface area contributed by atoms with E-state index < -0.39 is 0 Å². The highest BCUT2D eigenvalue weighted by Gasteiger charge is 2.24. The van der Waals surface area contributed by atoms with Gasteiger partial charge in [0.05, 0.1) is 5.02 Å². The van der Waals surface area contributed by atoms with Gasteiger partial charge < -0.3 is 10.4 Å². The van der Waals surface area contributed by atoms with Crippen LogP contribution in [0.1, 0.15) is 25.7 Å². The molecule has 0 saturated heterocycles. The maximum Gasteiger partial charge on any atom is 0.144 e. The Morgan fingerprint density at radius 2 is 2.25 bits per heavy atom. The first kappa shape index (κ1) is 11.7. The summed E-state index contributed by atoms with van der Waals surface area (Å²) in [7, 11) is 0. The Balaban J connectivity index is 2.05. The van der Waals surface area contributed by atoms with Crippen molar-refractivity contribution in [3.8, 4) is 0 Å². The van der Waals surface area contributed by atoms with Crippen molar-refractivity contribution in [1.82, 2.24) is 4.98 Å².